The van der Waals surface area contributed by atoms with Crippen molar-refractivity contribution in [3.8, 4) is 0 Å². The summed E-state index contributed by atoms with van der Waals surface area (Å²) in [6, 6.07) is 12.2. The minimum atomic E-state index is -3.89. The molecule has 35 heavy (non-hydrogen) atoms. The van der Waals surface area contributed by atoms with E-state index in [9.17, 15) is 22.8 Å². The van der Waals surface area contributed by atoms with Crippen molar-refractivity contribution in [1.29, 1.82) is 0 Å². The zero-order valence-corrected chi connectivity index (χ0v) is 20.3. The van der Waals surface area contributed by atoms with Crippen LogP contribution in [-0.2, 0) is 26.0 Å². The maximum absolute atomic E-state index is 13.3. The van der Waals surface area contributed by atoms with Crippen LogP contribution in [0.2, 0.25) is 0 Å². The number of amides is 3. The van der Waals surface area contributed by atoms with E-state index in [-0.39, 0.29) is 16.5 Å². The Hall–Kier alpha value is -3.40. The van der Waals surface area contributed by atoms with E-state index < -0.39 is 34.0 Å². The Morgan fingerprint density at radius 2 is 1.77 bits per heavy atom. The van der Waals surface area contributed by atoms with Crippen molar-refractivity contribution in [3.63, 3.8) is 0 Å². The van der Waals surface area contributed by atoms with Gasteiger partial charge >= 0.3 is 12.0 Å². The molecular formula is C25H29N3O6S. The number of para-hydroxylation sites is 1. The highest BCUT2D eigenvalue weighted by atomic mass is 32.2. The summed E-state index contributed by atoms with van der Waals surface area (Å²) in [5.41, 5.74) is 1.56. The molecule has 1 aliphatic carbocycles. The van der Waals surface area contributed by atoms with Gasteiger partial charge in [0.05, 0.1) is 16.1 Å². The van der Waals surface area contributed by atoms with Gasteiger partial charge in [0.2, 0.25) is 0 Å². The Kier molecular flexibility index (Phi) is 7.39. The largest absolute Gasteiger partial charge is 0.449 e. The molecule has 0 aromatic heterocycles. The molecule has 186 valence electrons. The van der Waals surface area contributed by atoms with Crippen molar-refractivity contribution in [2.45, 2.75) is 62.5 Å². The predicted octanol–water partition coefficient (Wildman–Crippen LogP) is 3.14. The number of urea groups is 1. The number of ether oxygens (including phenoxy) is 1. The van der Waals surface area contributed by atoms with Crippen LogP contribution in [0.25, 0.3) is 0 Å². The van der Waals surface area contributed by atoms with Gasteiger partial charge in [-0.05, 0) is 56.0 Å². The van der Waals surface area contributed by atoms with Crippen molar-refractivity contribution in [1.82, 2.24) is 10.6 Å². The van der Waals surface area contributed by atoms with Gasteiger partial charge in [0.25, 0.3) is 15.9 Å². The molecule has 1 saturated carbocycles. The number of carbonyl (C=O) groups excluding carboxylic acids is 3. The van der Waals surface area contributed by atoms with Crippen LogP contribution in [0.15, 0.2) is 53.4 Å². The summed E-state index contributed by atoms with van der Waals surface area (Å²) in [6.07, 6.45) is 4.31. The number of esters is 1. The molecule has 1 unspecified atom stereocenters. The summed E-state index contributed by atoms with van der Waals surface area (Å²) in [4.78, 5) is 37.0. The minimum absolute atomic E-state index is 0.00938. The van der Waals surface area contributed by atoms with Gasteiger partial charge in [0, 0.05) is 12.6 Å². The van der Waals surface area contributed by atoms with E-state index in [1.165, 1.54) is 35.5 Å². The number of anilines is 1. The van der Waals surface area contributed by atoms with Crippen LogP contribution < -0.4 is 14.9 Å². The van der Waals surface area contributed by atoms with E-state index in [0.29, 0.717) is 18.7 Å². The second kappa shape index (κ2) is 10.5. The Labute approximate surface area is 204 Å². The van der Waals surface area contributed by atoms with Crippen LogP contribution in [0, 0.1) is 0 Å². The number of nitrogens with zero attached hydrogens (tertiary/aromatic N) is 1. The molecule has 2 aliphatic rings. The number of nitrogens with one attached hydrogen (secondary N) is 2. The first-order valence-corrected chi connectivity index (χ1v) is 13.2. The average Bonchev–Trinajstić information content (AvgIpc) is 3.29. The lowest BCUT2D eigenvalue weighted by molar-refractivity contribution is -0.127. The Balaban J connectivity index is 1.38. The number of hydrogen-bond donors (Lipinski definition) is 2. The Bertz CT molecular complexity index is 1220. The smallest absolute Gasteiger partial charge is 0.338 e. The van der Waals surface area contributed by atoms with Gasteiger partial charge in [0.15, 0.2) is 6.10 Å². The molecule has 2 aromatic carbocycles. The van der Waals surface area contributed by atoms with Crippen LogP contribution in [-0.4, -0.2) is 45.0 Å². The fourth-order valence-electron chi connectivity index (χ4n) is 4.43. The van der Waals surface area contributed by atoms with Crippen LogP contribution in [0.4, 0.5) is 10.5 Å². The third-order valence-electron chi connectivity index (χ3n) is 6.33. The lowest BCUT2D eigenvalue weighted by atomic mass is 9.96. The molecule has 1 aliphatic heterocycles. The summed E-state index contributed by atoms with van der Waals surface area (Å²) in [5, 5.41) is 4.96. The van der Waals surface area contributed by atoms with Crippen molar-refractivity contribution in [2.24, 2.45) is 0 Å². The second-order valence-corrected chi connectivity index (χ2v) is 10.7. The molecular weight excluding hydrogens is 470 g/mol. The molecule has 0 saturated heterocycles. The summed E-state index contributed by atoms with van der Waals surface area (Å²) in [5.74, 6) is -1.62. The van der Waals surface area contributed by atoms with E-state index in [2.05, 4.69) is 10.6 Å². The molecule has 3 amide bonds. The highest BCUT2D eigenvalue weighted by Gasteiger charge is 2.31. The van der Waals surface area contributed by atoms with Gasteiger partial charge in [-0.2, -0.15) is 0 Å². The maximum Gasteiger partial charge on any atom is 0.338 e. The van der Waals surface area contributed by atoms with E-state index in [4.69, 9.17) is 4.74 Å². The van der Waals surface area contributed by atoms with Crippen LogP contribution >= 0.6 is 0 Å². The van der Waals surface area contributed by atoms with Gasteiger partial charge in [-0.15, -0.1) is 0 Å². The van der Waals surface area contributed by atoms with Gasteiger partial charge in [-0.1, -0.05) is 43.5 Å². The van der Waals surface area contributed by atoms with Crippen molar-refractivity contribution in [2.75, 3.05) is 10.8 Å². The highest BCUT2D eigenvalue weighted by molar-refractivity contribution is 7.92. The highest BCUT2D eigenvalue weighted by Crippen LogP contribution is 2.32. The van der Waals surface area contributed by atoms with Gasteiger partial charge in [-0.25, -0.2) is 18.0 Å². The summed E-state index contributed by atoms with van der Waals surface area (Å²) in [6.45, 7) is 1.67. The first-order valence-electron chi connectivity index (χ1n) is 11.8. The zero-order chi connectivity index (χ0) is 25.0. The monoisotopic (exact) mass is 499 g/mol. The summed E-state index contributed by atoms with van der Waals surface area (Å²) >= 11 is 0. The number of carbonyl (C=O) groups is 3. The zero-order valence-electron chi connectivity index (χ0n) is 19.5. The number of sulfonamides is 1. The molecule has 0 spiro atoms. The van der Waals surface area contributed by atoms with Crippen LogP contribution in [0.3, 0.4) is 0 Å². The quantitative estimate of drug-likeness (QED) is 0.589. The molecule has 2 aromatic rings. The average molecular weight is 500 g/mol. The first kappa shape index (κ1) is 24.7. The van der Waals surface area contributed by atoms with Gasteiger partial charge in [-0.3, -0.25) is 14.4 Å². The van der Waals surface area contributed by atoms with Crippen LogP contribution in [0.1, 0.15) is 54.9 Å². The van der Waals surface area contributed by atoms with Crippen molar-refractivity contribution >= 4 is 33.6 Å². The fraction of sp³-hybridized carbons (Fsp3) is 0.400. The number of hydrogen-bond acceptors (Lipinski definition) is 6. The third-order valence-corrected chi connectivity index (χ3v) is 8.14. The maximum atomic E-state index is 13.3. The molecule has 1 heterocycles. The van der Waals surface area contributed by atoms with E-state index >= 15 is 0 Å². The van der Waals surface area contributed by atoms with Gasteiger partial charge < -0.3 is 10.1 Å². The summed E-state index contributed by atoms with van der Waals surface area (Å²) in [7, 11) is -3.89. The predicted molar refractivity (Wildman–Crippen MR) is 130 cm³/mol. The van der Waals surface area contributed by atoms with E-state index in [0.717, 1.165) is 37.7 Å². The van der Waals surface area contributed by atoms with E-state index in [1.807, 2.05) is 12.1 Å². The molecule has 10 heteroatoms. The minimum Gasteiger partial charge on any atom is -0.449 e. The molecule has 0 bridgehead atoms. The standard InChI is InChI=1S/C25H29N3O6S/c1-17(23(29)27-25(31)26-20-10-3-2-4-11-20)34-24(30)19-9-7-12-21(16-19)35(32,33)28-15-14-18-8-5-6-13-22(18)28/h5-9,12-13,16-17,20H,2-4,10-11,14-15H2,1H3,(H2,26,27,29,31). The first-order chi connectivity index (χ1) is 16.8. The third kappa shape index (κ3) is 5.64. The Morgan fingerprint density at radius 1 is 1.03 bits per heavy atom. The Morgan fingerprint density at radius 3 is 2.54 bits per heavy atom. The van der Waals surface area contributed by atoms with Crippen molar-refractivity contribution in [3.05, 3.63) is 59.7 Å². The topological polar surface area (TPSA) is 122 Å². The van der Waals surface area contributed by atoms with E-state index in [1.54, 1.807) is 12.1 Å². The number of rotatable bonds is 6. The fourth-order valence-corrected chi connectivity index (χ4v) is 5.98. The second-order valence-electron chi connectivity index (χ2n) is 8.83. The number of imide groups is 1. The number of benzene rings is 2. The SMILES string of the molecule is CC(OC(=O)c1cccc(S(=O)(=O)N2CCc3ccccc32)c1)C(=O)NC(=O)NC1CCCCC1. The molecule has 1 atom stereocenters. The molecule has 1 fully saturated rings. The molecule has 4 rings (SSSR count). The lowest BCUT2D eigenvalue weighted by Crippen LogP contribution is -2.48. The molecule has 2 N–H and O–H groups in total. The molecule has 0 radical (unpaired) electrons. The summed E-state index contributed by atoms with van der Waals surface area (Å²) < 4.78 is 33.0. The van der Waals surface area contributed by atoms with Gasteiger partial charge in [0.1, 0.15) is 0 Å². The lowest BCUT2D eigenvalue weighted by Gasteiger charge is -2.23. The van der Waals surface area contributed by atoms with Crippen molar-refractivity contribution < 1.29 is 27.5 Å². The van der Waals surface area contributed by atoms with Crippen LogP contribution in [0.5, 0.6) is 0 Å². The number of fused-ring (bicyclic) bond motifs is 1. The normalized spacial score (nSPS) is 16.8. The molecule has 9 nitrogen and oxygen atoms in total.